The number of nitrogens with one attached hydrogen (secondary N) is 1. The summed E-state index contributed by atoms with van der Waals surface area (Å²) >= 11 is 0. The second-order valence-electron chi connectivity index (χ2n) is 11.1. The van der Waals surface area contributed by atoms with Crippen LogP contribution in [0.1, 0.15) is 65.7 Å². The molecule has 2 aromatic rings. The first-order valence-corrected chi connectivity index (χ1v) is 16.0. The van der Waals surface area contributed by atoms with Crippen molar-refractivity contribution in [1.82, 2.24) is 15.3 Å². The highest BCUT2D eigenvalue weighted by atomic mass is 31.1. The quantitative estimate of drug-likeness (QED) is 0.153. The van der Waals surface area contributed by atoms with E-state index < -0.39 is 43.7 Å². The summed E-state index contributed by atoms with van der Waals surface area (Å²) in [5.74, 6) is -3.62. The van der Waals surface area contributed by atoms with Crippen molar-refractivity contribution >= 4 is 43.0 Å². The number of carbonyl (C=O) groups is 5. The molecule has 3 aliphatic heterocycles. The number of carbonyl (C=O) groups excluding carboxylic acids is 5. The normalized spacial score (nSPS) is 22.8. The molecule has 0 radical (unpaired) electrons. The van der Waals surface area contributed by atoms with Crippen molar-refractivity contribution in [3.05, 3.63) is 65.7 Å². The van der Waals surface area contributed by atoms with E-state index in [1.165, 1.54) is 12.1 Å². The third-order valence-corrected chi connectivity index (χ3v) is 9.45. The number of hydroxylamine groups is 2. The summed E-state index contributed by atoms with van der Waals surface area (Å²) in [6.45, 7) is 0.473. The van der Waals surface area contributed by atoms with Crippen LogP contribution in [0, 0.1) is 5.92 Å². The minimum atomic E-state index is -2.12. The minimum absolute atomic E-state index is 0.00548. The molecule has 5 rings (SSSR count). The van der Waals surface area contributed by atoms with E-state index in [0.717, 1.165) is 19.3 Å². The molecule has 3 aliphatic rings. The van der Waals surface area contributed by atoms with E-state index in [9.17, 15) is 28.5 Å². The molecular weight excluding hydrogens is 589 g/mol. The Morgan fingerprint density at radius 1 is 0.909 bits per heavy atom. The largest absolute Gasteiger partial charge is 0.549 e. The molecule has 12 nitrogen and oxygen atoms in total. The predicted molar refractivity (Wildman–Crippen MR) is 157 cm³/mol. The summed E-state index contributed by atoms with van der Waals surface area (Å²) in [7, 11) is -0.146. The number of imide groups is 1. The van der Waals surface area contributed by atoms with Crippen molar-refractivity contribution in [2.45, 2.75) is 63.1 Å². The smallest absolute Gasteiger partial charge is 0.465 e. The molecule has 5 atom stereocenters. The molecule has 0 aliphatic carbocycles. The number of benzene rings is 2. The van der Waals surface area contributed by atoms with Crippen LogP contribution in [0.3, 0.4) is 0 Å². The SMILES string of the molecule is CN1C2CCCC1C(C(=O)OCCCCNC(=O)CCC(=O)ON1C(=O)c3ccccc3C1=O)C2O[P+](=O)c1ccccc1. The standard InChI is InChI=1S/C31H34N3O9P/c1-33-23-14-9-15-24(33)28(43-44(40)20-10-3-2-4-11-20)27(23)31(39)41-19-8-7-18-32-25(35)16-17-26(36)42-34-29(37)21-12-5-6-13-22(21)30(34)38/h2-6,10-13,23-24,27-28H,7-9,14-19H2,1H3/p+1. The average Bonchev–Trinajstić information content (AvgIpc) is 3.32. The summed E-state index contributed by atoms with van der Waals surface area (Å²) in [6, 6.07) is 15.0. The number of hydrogen-bond donors (Lipinski definition) is 1. The van der Waals surface area contributed by atoms with Gasteiger partial charge in [-0.25, -0.2) is 4.79 Å². The number of fused-ring (bicyclic) bond motifs is 3. The monoisotopic (exact) mass is 624 g/mol. The molecule has 232 valence electrons. The van der Waals surface area contributed by atoms with E-state index in [2.05, 4.69) is 10.2 Å². The lowest BCUT2D eigenvalue weighted by molar-refractivity contribution is -0.169. The first-order chi connectivity index (χ1) is 21.3. The van der Waals surface area contributed by atoms with Gasteiger partial charge in [-0.2, -0.15) is 0 Å². The van der Waals surface area contributed by atoms with Crippen molar-refractivity contribution in [1.29, 1.82) is 0 Å². The van der Waals surface area contributed by atoms with Gasteiger partial charge in [-0.15, -0.1) is 4.52 Å². The fourth-order valence-corrected chi connectivity index (χ4v) is 7.08. The number of hydrogen-bond acceptors (Lipinski definition) is 10. The number of unbranched alkanes of at least 4 members (excludes halogenated alkanes) is 1. The maximum absolute atomic E-state index is 13.2. The Morgan fingerprint density at radius 3 is 2.27 bits per heavy atom. The van der Waals surface area contributed by atoms with Gasteiger partial charge in [0.2, 0.25) is 11.2 Å². The van der Waals surface area contributed by atoms with Gasteiger partial charge >= 0.3 is 20.0 Å². The summed E-state index contributed by atoms with van der Waals surface area (Å²) in [6.07, 6.45) is 2.70. The van der Waals surface area contributed by atoms with E-state index in [0.29, 0.717) is 29.8 Å². The van der Waals surface area contributed by atoms with Crippen molar-refractivity contribution in [2.75, 3.05) is 20.2 Å². The molecule has 2 fully saturated rings. The number of ether oxygens (including phenoxy) is 1. The van der Waals surface area contributed by atoms with Gasteiger partial charge in [0, 0.05) is 25.0 Å². The number of nitrogens with zero attached hydrogens (tertiary/aromatic N) is 2. The zero-order valence-corrected chi connectivity index (χ0v) is 25.3. The Balaban J connectivity index is 0.998. The molecule has 44 heavy (non-hydrogen) atoms. The fraction of sp³-hybridized carbons (Fsp3) is 0.452. The first kappa shape index (κ1) is 31.4. The minimum Gasteiger partial charge on any atom is -0.465 e. The molecule has 3 amide bonds. The summed E-state index contributed by atoms with van der Waals surface area (Å²) < 4.78 is 24.6. The second kappa shape index (κ2) is 14.2. The van der Waals surface area contributed by atoms with Gasteiger partial charge < -0.3 is 14.9 Å². The van der Waals surface area contributed by atoms with E-state index in [4.69, 9.17) is 14.1 Å². The van der Waals surface area contributed by atoms with E-state index >= 15 is 0 Å². The molecule has 13 heteroatoms. The van der Waals surface area contributed by atoms with Crippen molar-refractivity contribution < 1.29 is 42.6 Å². The highest BCUT2D eigenvalue weighted by Gasteiger charge is 2.57. The third kappa shape index (κ3) is 6.88. The topological polar surface area (TPSA) is 149 Å². The van der Waals surface area contributed by atoms with Gasteiger partial charge in [-0.1, -0.05) is 41.8 Å². The van der Waals surface area contributed by atoms with Crippen molar-refractivity contribution in [2.24, 2.45) is 5.92 Å². The van der Waals surface area contributed by atoms with E-state index in [1.54, 1.807) is 36.4 Å². The molecular formula is C31H35N3O9P+. The van der Waals surface area contributed by atoms with Crippen LogP contribution in [0.2, 0.25) is 0 Å². The van der Waals surface area contributed by atoms with Gasteiger partial charge in [-0.3, -0.25) is 24.1 Å². The van der Waals surface area contributed by atoms with E-state index in [1.807, 2.05) is 13.1 Å². The molecule has 3 heterocycles. The van der Waals surface area contributed by atoms with Crippen LogP contribution in [0.15, 0.2) is 54.6 Å². The molecule has 0 aromatic heterocycles. The first-order valence-electron chi connectivity index (χ1n) is 14.8. The molecule has 5 unspecified atom stereocenters. The Kier molecular flexibility index (Phi) is 10.1. The Labute approximate surface area is 255 Å². The predicted octanol–water partition coefficient (Wildman–Crippen LogP) is 2.90. The van der Waals surface area contributed by atoms with Gasteiger partial charge in [0.05, 0.1) is 24.2 Å². The Hall–Kier alpha value is -3.99. The fourth-order valence-electron chi connectivity index (χ4n) is 6.05. The zero-order valence-electron chi connectivity index (χ0n) is 24.4. The van der Waals surface area contributed by atoms with Crippen molar-refractivity contribution in [3.8, 4) is 0 Å². The number of piperidine rings is 1. The van der Waals surface area contributed by atoms with Crippen LogP contribution in [-0.2, 0) is 33.0 Å². The third-order valence-electron chi connectivity index (χ3n) is 8.29. The lowest BCUT2D eigenvalue weighted by Crippen LogP contribution is -2.39. The highest BCUT2D eigenvalue weighted by molar-refractivity contribution is 7.48. The Morgan fingerprint density at radius 2 is 1.57 bits per heavy atom. The van der Waals surface area contributed by atoms with Crippen LogP contribution < -0.4 is 10.6 Å². The lowest BCUT2D eigenvalue weighted by atomic mass is 9.96. The Bertz CT molecular complexity index is 1400. The maximum atomic E-state index is 13.2. The molecule has 0 saturated carbocycles. The molecule has 1 N–H and O–H groups in total. The maximum Gasteiger partial charge on any atom is 0.549 e. The molecule has 0 spiro atoms. The van der Waals surface area contributed by atoms with Crippen LogP contribution >= 0.6 is 8.03 Å². The van der Waals surface area contributed by atoms with Crippen LogP contribution in [-0.4, -0.2) is 78.0 Å². The van der Waals surface area contributed by atoms with E-state index in [-0.39, 0.29) is 48.6 Å². The average molecular weight is 625 g/mol. The molecule has 2 saturated heterocycles. The summed E-state index contributed by atoms with van der Waals surface area (Å²) in [4.78, 5) is 69.2. The van der Waals surface area contributed by atoms with Gasteiger partial charge in [0.25, 0.3) is 11.8 Å². The molecule has 2 bridgehead atoms. The zero-order chi connectivity index (χ0) is 31.2. The lowest BCUT2D eigenvalue weighted by Gasteiger charge is -2.31. The number of rotatable bonds is 13. The van der Waals surface area contributed by atoms with Crippen LogP contribution in [0.5, 0.6) is 0 Å². The van der Waals surface area contributed by atoms with Gasteiger partial charge in [0.15, 0.2) is 0 Å². The van der Waals surface area contributed by atoms with Gasteiger partial charge in [0.1, 0.15) is 12.0 Å². The molecule has 2 aromatic carbocycles. The van der Waals surface area contributed by atoms with Crippen LogP contribution in [0.4, 0.5) is 0 Å². The second-order valence-corrected chi connectivity index (χ2v) is 12.3. The van der Waals surface area contributed by atoms with Crippen LogP contribution in [0.25, 0.3) is 0 Å². The summed E-state index contributed by atoms with van der Waals surface area (Å²) in [5.41, 5.74) is 0.306. The van der Waals surface area contributed by atoms with Crippen molar-refractivity contribution in [3.63, 3.8) is 0 Å². The van der Waals surface area contributed by atoms with Gasteiger partial charge in [-0.05, 0) is 61.6 Å². The summed E-state index contributed by atoms with van der Waals surface area (Å²) in [5, 5.41) is 3.69. The number of likely N-dealkylation sites (N-methyl/N-ethyl adjacent to an activating group) is 1. The number of amides is 3. The number of esters is 1. The highest BCUT2D eigenvalue weighted by Crippen LogP contribution is 2.44.